The number of nitrogens with two attached hydrogens (primary N) is 1. The Balaban J connectivity index is 3.49. The fourth-order valence-electron chi connectivity index (χ4n) is 1.19. The van der Waals surface area contributed by atoms with Crippen molar-refractivity contribution in [3.8, 4) is 0 Å². The van der Waals surface area contributed by atoms with Gasteiger partial charge >= 0.3 is 6.18 Å². The third-order valence-corrected chi connectivity index (χ3v) is 2.38. The maximum absolute atomic E-state index is 12.5. The number of alkyl halides is 6. The van der Waals surface area contributed by atoms with Gasteiger partial charge in [-0.05, 0) is 6.07 Å². The zero-order valence-corrected chi connectivity index (χ0v) is 9.24. The van der Waals surface area contributed by atoms with Crippen LogP contribution in [0.3, 0.4) is 0 Å². The summed E-state index contributed by atoms with van der Waals surface area (Å²) in [6.07, 6.45) is -7.83. The lowest BCUT2D eigenvalue weighted by Crippen LogP contribution is -2.13. The molecule has 1 rings (SSSR count). The van der Waals surface area contributed by atoms with Gasteiger partial charge in [-0.25, -0.2) is 13.8 Å². The highest BCUT2D eigenvalue weighted by Crippen LogP contribution is 2.37. The van der Waals surface area contributed by atoms with E-state index in [0.29, 0.717) is 6.07 Å². The number of hydrogen-bond donors (Lipinski definition) is 1. The molecule has 8 heteroatoms. The van der Waals surface area contributed by atoms with Crippen LogP contribution in [0.4, 0.5) is 27.8 Å². The summed E-state index contributed by atoms with van der Waals surface area (Å²) in [5.74, 6) is -0.577. The molecule has 16 heavy (non-hydrogen) atoms. The van der Waals surface area contributed by atoms with E-state index in [4.69, 9.17) is 5.73 Å². The molecule has 2 N–H and O–H groups in total. The SMILES string of the molecule is Nc1cc(C(F)(F)F)c(CBr)c(C(F)F)n1. The quantitative estimate of drug-likeness (QED) is 0.671. The molecule has 0 aromatic carbocycles. The van der Waals surface area contributed by atoms with Crippen LogP contribution in [0.25, 0.3) is 0 Å². The standard InChI is InChI=1S/C8H6BrF5N2/c9-2-3-4(8(12,13)14)1-5(15)16-6(3)7(10)11/h1,7H,2H2,(H2,15,16). The van der Waals surface area contributed by atoms with E-state index < -0.39 is 35.2 Å². The molecular weight excluding hydrogens is 299 g/mol. The molecule has 1 aromatic heterocycles. The Labute approximate surface area is 95.8 Å². The topological polar surface area (TPSA) is 38.9 Å². The van der Waals surface area contributed by atoms with Gasteiger partial charge in [0.25, 0.3) is 6.43 Å². The molecule has 0 saturated carbocycles. The molecule has 0 fully saturated rings. The minimum atomic E-state index is -4.73. The van der Waals surface area contributed by atoms with E-state index in [9.17, 15) is 22.0 Å². The van der Waals surface area contributed by atoms with E-state index in [2.05, 4.69) is 20.9 Å². The minimum Gasteiger partial charge on any atom is -0.384 e. The summed E-state index contributed by atoms with van der Waals surface area (Å²) in [4.78, 5) is 3.22. The summed E-state index contributed by atoms with van der Waals surface area (Å²) in [6.45, 7) is 0. The van der Waals surface area contributed by atoms with Crippen LogP contribution in [-0.4, -0.2) is 4.98 Å². The average Bonchev–Trinajstić information content (AvgIpc) is 2.14. The lowest BCUT2D eigenvalue weighted by Gasteiger charge is -2.15. The molecule has 2 nitrogen and oxygen atoms in total. The van der Waals surface area contributed by atoms with Gasteiger partial charge in [0, 0.05) is 10.9 Å². The normalized spacial score (nSPS) is 12.2. The van der Waals surface area contributed by atoms with Crippen molar-refractivity contribution in [1.29, 1.82) is 0 Å². The molecule has 0 bridgehead atoms. The first kappa shape index (κ1) is 13.1. The van der Waals surface area contributed by atoms with Gasteiger partial charge in [-0.1, -0.05) is 15.9 Å². The number of anilines is 1. The number of nitrogen functional groups attached to an aromatic ring is 1. The van der Waals surface area contributed by atoms with E-state index in [-0.39, 0.29) is 5.33 Å². The second-order valence-electron chi connectivity index (χ2n) is 2.89. The van der Waals surface area contributed by atoms with Crippen LogP contribution in [0.2, 0.25) is 0 Å². The first-order valence-corrected chi connectivity index (χ1v) is 5.10. The summed E-state index contributed by atoms with van der Waals surface area (Å²) in [6, 6.07) is 0.544. The number of halogens is 6. The molecule has 1 aromatic rings. The zero-order chi connectivity index (χ0) is 12.5. The number of nitrogens with zero attached hydrogens (tertiary/aromatic N) is 1. The Morgan fingerprint density at radius 2 is 1.94 bits per heavy atom. The Hall–Kier alpha value is -0.920. The van der Waals surface area contributed by atoms with Crippen molar-refractivity contribution in [2.75, 3.05) is 5.73 Å². The smallest absolute Gasteiger partial charge is 0.384 e. The molecule has 90 valence electrons. The van der Waals surface area contributed by atoms with Crippen molar-refractivity contribution < 1.29 is 22.0 Å². The number of rotatable bonds is 2. The van der Waals surface area contributed by atoms with E-state index in [1.165, 1.54) is 0 Å². The fourth-order valence-corrected chi connectivity index (χ4v) is 1.77. The molecule has 0 unspecified atom stereocenters. The molecule has 0 amide bonds. The number of aromatic nitrogens is 1. The lowest BCUT2D eigenvalue weighted by molar-refractivity contribution is -0.138. The van der Waals surface area contributed by atoms with Crippen LogP contribution in [0.1, 0.15) is 23.2 Å². The Morgan fingerprint density at radius 1 is 1.38 bits per heavy atom. The first-order chi connectivity index (χ1) is 7.27. The minimum absolute atomic E-state index is 0.366. The van der Waals surface area contributed by atoms with Crippen LogP contribution in [-0.2, 0) is 11.5 Å². The van der Waals surface area contributed by atoms with E-state index in [1.54, 1.807) is 0 Å². The molecule has 0 radical (unpaired) electrons. The lowest BCUT2D eigenvalue weighted by atomic mass is 10.1. The van der Waals surface area contributed by atoms with Gasteiger partial charge in [0.05, 0.1) is 5.56 Å². The molecule has 0 spiro atoms. The first-order valence-electron chi connectivity index (χ1n) is 3.98. The van der Waals surface area contributed by atoms with Crippen LogP contribution in [0.5, 0.6) is 0 Å². The van der Waals surface area contributed by atoms with Crippen molar-refractivity contribution in [2.45, 2.75) is 17.9 Å². The van der Waals surface area contributed by atoms with Gasteiger partial charge in [-0.2, -0.15) is 13.2 Å². The van der Waals surface area contributed by atoms with Crippen molar-refractivity contribution in [3.05, 3.63) is 22.9 Å². The average molecular weight is 305 g/mol. The second-order valence-corrected chi connectivity index (χ2v) is 3.45. The van der Waals surface area contributed by atoms with Crippen molar-refractivity contribution in [3.63, 3.8) is 0 Å². The molecule has 0 atom stereocenters. The van der Waals surface area contributed by atoms with Gasteiger partial charge < -0.3 is 5.73 Å². The third-order valence-electron chi connectivity index (χ3n) is 1.82. The van der Waals surface area contributed by atoms with Crippen LogP contribution >= 0.6 is 15.9 Å². The summed E-state index contributed by atoms with van der Waals surface area (Å²) in [5, 5.41) is -0.366. The van der Waals surface area contributed by atoms with Crippen molar-refractivity contribution in [1.82, 2.24) is 4.98 Å². The molecule has 0 aliphatic rings. The summed E-state index contributed by atoms with van der Waals surface area (Å²) >= 11 is 2.73. The predicted molar refractivity (Wildman–Crippen MR) is 51.2 cm³/mol. The van der Waals surface area contributed by atoms with Crippen molar-refractivity contribution in [2.24, 2.45) is 0 Å². The largest absolute Gasteiger partial charge is 0.416 e. The summed E-state index contributed by atoms with van der Waals surface area (Å²) in [5.41, 5.74) is 2.34. The molecule has 0 aliphatic carbocycles. The summed E-state index contributed by atoms with van der Waals surface area (Å²) in [7, 11) is 0. The van der Waals surface area contributed by atoms with Gasteiger partial charge in [-0.3, -0.25) is 0 Å². The second kappa shape index (κ2) is 4.52. The predicted octanol–water partition coefficient (Wildman–Crippen LogP) is 3.52. The number of pyridine rings is 1. The van der Waals surface area contributed by atoms with Crippen LogP contribution in [0, 0.1) is 0 Å². The molecule has 1 heterocycles. The highest BCUT2D eigenvalue weighted by atomic mass is 79.9. The van der Waals surface area contributed by atoms with Gasteiger partial charge in [0.1, 0.15) is 11.5 Å². The maximum Gasteiger partial charge on any atom is 0.416 e. The third kappa shape index (κ3) is 2.60. The van der Waals surface area contributed by atoms with Crippen molar-refractivity contribution >= 4 is 21.7 Å². The van der Waals surface area contributed by atoms with Gasteiger partial charge in [-0.15, -0.1) is 0 Å². The maximum atomic E-state index is 12.5. The summed E-state index contributed by atoms with van der Waals surface area (Å²) < 4.78 is 62.4. The van der Waals surface area contributed by atoms with E-state index >= 15 is 0 Å². The molecular formula is C8H6BrF5N2. The fraction of sp³-hybridized carbons (Fsp3) is 0.375. The number of hydrogen-bond acceptors (Lipinski definition) is 2. The van der Waals surface area contributed by atoms with E-state index in [1.807, 2.05) is 0 Å². The highest BCUT2D eigenvalue weighted by Gasteiger charge is 2.36. The van der Waals surface area contributed by atoms with Gasteiger partial charge in [0.15, 0.2) is 0 Å². The molecule has 0 saturated heterocycles. The molecule has 0 aliphatic heterocycles. The Bertz CT molecular complexity index is 391. The van der Waals surface area contributed by atoms with E-state index in [0.717, 1.165) is 0 Å². The van der Waals surface area contributed by atoms with Crippen LogP contribution in [0.15, 0.2) is 6.07 Å². The Morgan fingerprint density at radius 3 is 2.31 bits per heavy atom. The van der Waals surface area contributed by atoms with Crippen LogP contribution < -0.4 is 5.73 Å². The monoisotopic (exact) mass is 304 g/mol. The highest BCUT2D eigenvalue weighted by molar-refractivity contribution is 9.08. The Kier molecular flexibility index (Phi) is 3.72. The zero-order valence-electron chi connectivity index (χ0n) is 7.65. The van der Waals surface area contributed by atoms with Gasteiger partial charge in [0.2, 0.25) is 0 Å².